The van der Waals surface area contributed by atoms with E-state index in [2.05, 4.69) is 127 Å². The van der Waals surface area contributed by atoms with E-state index in [1.54, 1.807) is 0 Å². The third kappa shape index (κ3) is 4.30. The maximum atomic E-state index is 6.54. The number of nitrogens with zero attached hydrogens (tertiary/aromatic N) is 3. The number of hydrogen-bond acceptors (Lipinski definition) is 4. The fourth-order valence-electron chi connectivity index (χ4n) is 7.91. The van der Waals surface area contributed by atoms with E-state index >= 15 is 0 Å². The summed E-state index contributed by atoms with van der Waals surface area (Å²) in [5.74, 6) is 1.92. The van der Waals surface area contributed by atoms with Crippen LogP contribution in [0.3, 0.4) is 0 Å². The van der Waals surface area contributed by atoms with Gasteiger partial charge >= 0.3 is 0 Å². The zero-order valence-corrected chi connectivity index (χ0v) is 27.3. The molecule has 51 heavy (non-hydrogen) atoms. The van der Waals surface area contributed by atoms with Gasteiger partial charge in [-0.25, -0.2) is 15.0 Å². The Kier molecular flexibility index (Phi) is 5.92. The second-order valence-electron chi connectivity index (χ2n) is 13.2. The summed E-state index contributed by atoms with van der Waals surface area (Å²) in [6, 6.07) is 57.3. The molecule has 0 atom stereocenters. The summed E-state index contributed by atoms with van der Waals surface area (Å²) >= 11 is 0. The van der Waals surface area contributed by atoms with Crippen LogP contribution in [0.2, 0.25) is 0 Å². The van der Waals surface area contributed by atoms with Gasteiger partial charge in [-0.1, -0.05) is 146 Å². The number of rotatable bonds is 4. The molecule has 4 nitrogen and oxygen atoms in total. The summed E-state index contributed by atoms with van der Waals surface area (Å²) in [5, 5.41) is 7.11. The highest BCUT2D eigenvalue weighted by Gasteiger charge is 2.28. The van der Waals surface area contributed by atoms with Crippen LogP contribution >= 0.6 is 0 Å². The summed E-state index contributed by atoms with van der Waals surface area (Å²) in [6.07, 6.45) is 0. The molecule has 0 aliphatic heterocycles. The van der Waals surface area contributed by atoms with Gasteiger partial charge < -0.3 is 4.42 Å². The van der Waals surface area contributed by atoms with Crippen LogP contribution in [0, 0.1) is 0 Å². The Bertz CT molecular complexity index is 3010. The van der Waals surface area contributed by atoms with Gasteiger partial charge in [0.25, 0.3) is 0 Å². The Labute approximate surface area is 293 Å². The van der Waals surface area contributed by atoms with Crippen molar-refractivity contribution >= 4 is 43.5 Å². The first-order valence-corrected chi connectivity index (χ1v) is 17.2. The molecule has 11 rings (SSSR count). The molecular formula is C47H27N3O. The predicted molar refractivity (Wildman–Crippen MR) is 208 cm³/mol. The van der Waals surface area contributed by atoms with Gasteiger partial charge in [-0.05, 0) is 67.6 Å². The first-order chi connectivity index (χ1) is 25.3. The van der Waals surface area contributed by atoms with Crippen LogP contribution < -0.4 is 0 Å². The molecule has 236 valence electrons. The molecule has 0 fully saturated rings. The van der Waals surface area contributed by atoms with Crippen LogP contribution in [0.15, 0.2) is 168 Å². The first-order valence-electron chi connectivity index (χ1n) is 17.2. The fourth-order valence-corrected chi connectivity index (χ4v) is 7.91. The number of furan rings is 1. The van der Waals surface area contributed by atoms with Crippen molar-refractivity contribution in [3.05, 3.63) is 164 Å². The van der Waals surface area contributed by atoms with Crippen LogP contribution in [0.4, 0.5) is 0 Å². The molecule has 2 aromatic heterocycles. The first kappa shape index (κ1) is 28.0. The third-order valence-corrected chi connectivity index (χ3v) is 10.2. The Morgan fingerprint density at radius 1 is 0.333 bits per heavy atom. The molecule has 0 spiro atoms. The van der Waals surface area contributed by atoms with E-state index in [4.69, 9.17) is 19.4 Å². The second-order valence-corrected chi connectivity index (χ2v) is 13.2. The van der Waals surface area contributed by atoms with E-state index in [1.165, 1.54) is 44.0 Å². The van der Waals surface area contributed by atoms with Crippen LogP contribution in [0.1, 0.15) is 0 Å². The lowest BCUT2D eigenvalue weighted by atomic mass is 9.89. The van der Waals surface area contributed by atoms with Gasteiger partial charge in [0.2, 0.25) is 0 Å². The molecule has 0 saturated carbocycles. The summed E-state index contributed by atoms with van der Waals surface area (Å²) in [5.41, 5.74) is 11.9. The van der Waals surface area contributed by atoms with Gasteiger partial charge in [-0.2, -0.15) is 0 Å². The number of fused-ring (bicyclic) bond motifs is 7. The van der Waals surface area contributed by atoms with Crippen molar-refractivity contribution in [2.24, 2.45) is 0 Å². The van der Waals surface area contributed by atoms with Gasteiger partial charge in [-0.3, -0.25) is 0 Å². The molecule has 0 saturated heterocycles. The minimum absolute atomic E-state index is 0.632. The summed E-state index contributed by atoms with van der Waals surface area (Å²) in [6.45, 7) is 0. The molecule has 0 amide bonds. The summed E-state index contributed by atoms with van der Waals surface area (Å²) in [7, 11) is 0. The van der Waals surface area contributed by atoms with Crippen LogP contribution in [0.5, 0.6) is 0 Å². The Morgan fingerprint density at radius 3 is 1.75 bits per heavy atom. The molecule has 10 aromatic rings. The highest BCUT2D eigenvalue weighted by Crippen LogP contribution is 2.54. The number of hydrogen-bond donors (Lipinski definition) is 0. The Morgan fingerprint density at radius 2 is 0.941 bits per heavy atom. The maximum Gasteiger partial charge on any atom is 0.164 e. The van der Waals surface area contributed by atoms with Crippen LogP contribution in [-0.2, 0) is 0 Å². The van der Waals surface area contributed by atoms with E-state index in [0.717, 1.165) is 49.6 Å². The normalized spacial score (nSPS) is 11.9. The Balaban J connectivity index is 1.11. The summed E-state index contributed by atoms with van der Waals surface area (Å²) in [4.78, 5) is 15.1. The van der Waals surface area contributed by atoms with Gasteiger partial charge in [-0.15, -0.1) is 0 Å². The standard InChI is InChI=1S/C47H27N3O/c1-2-11-31(12-3-1)45-48-46(50-47(49-45)34-25-20-28-10-4-5-13-33(28)26-34)32-23-21-30(22-24-32)42-43-37-18-9-15-29-14-8-17-35(41(29)37)38(43)27-40-44(42)36-16-6-7-19-39(36)51-40/h1-27H. The van der Waals surface area contributed by atoms with Crippen LogP contribution in [-0.4, -0.2) is 15.0 Å². The largest absolute Gasteiger partial charge is 0.456 e. The van der Waals surface area contributed by atoms with Crippen molar-refractivity contribution in [1.82, 2.24) is 15.0 Å². The lowest BCUT2D eigenvalue weighted by Gasteiger charge is -2.14. The van der Waals surface area contributed by atoms with E-state index in [-0.39, 0.29) is 0 Å². The van der Waals surface area contributed by atoms with Gasteiger partial charge in [0.1, 0.15) is 11.2 Å². The van der Waals surface area contributed by atoms with Crippen molar-refractivity contribution in [3.8, 4) is 67.5 Å². The molecular weight excluding hydrogens is 623 g/mol. The predicted octanol–water partition coefficient (Wildman–Crippen LogP) is 12.4. The Hall–Kier alpha value is -6.91. The average molecular weight is 650 g/mol. The van der Waals surface area contributed by atoms with Crippen LogP contribution in [0.25, 0.3) is 111 Å². The smallest absolute Gasteiger partial charge is 0.164 e. The van der Waals surface area contributed by atoms with E-state index in [1.807, 2.05) is 36.4 Å². The number of benzene rings is 8. The molecule has 0 N–H and O–H groups in total. The van der Waals surface area contributed by atoms with Crippen molar-refractivity contribution < 1.29 is 4.42 Å². The highest BCUT2D eigenvalue weighted by atomic mass is 16.3. The average Bonchev–Trinajstić information content (AvgIpc) is 3.73. The monoisotopic (exact) mass is 649 g/mol. The molecule has 0 bridgehead atoms. The van der Waals surface area contributed by atoms with E-state index < -0.39 is 0 Å². The number of aromatic nitrogens is 3. The van der Waals surface area contributed by atoms with Gasteiger partial charge in [0, 0.05) is 33.0 Å². The highest BCUT2D eigenvalue weighted by molar-refractivity contribution is 6.25. The molecule has 1 aliphatic rings. The topological polar surface area (TPSA) is 51.8 Å². The molecule has 1 aliphatic carbocycles. The summed E-state index contributed by atoms with van der Waals surface area (Å²) < 4.78 is 6.54. The molecule has 0 radical (unpaired) electrons. The van der Waals surface area contributed by atoms with Crippen molar-refractivity contribution in [2.75, 3.05) is 0 Å². The minimum atomic E-state index is 0.632. The third-order valence-electron chi connectivity index (χ3n) is 10.2. The molecule has 0 unspecified atom stereocenters. The van der Waals surface area contributed by atoms with E-state index in [9.17, 15) is 0 Å². The quantitative estimate of drug-likeness (QED) is 0.190. The van der Waals surface area contributed by atoms with Gasteiger partial charge in [0.15, 0.2) is 17.5 Å². The maximum absolute atomic E-state index is 6.54. The minimum Gasteiger partial charge on any atom is -0.456 e. The molecule has 8 aromatic carbocycles. The van der Waals surface area contributed by atoms with Crippen molar-refractivity contribution in [3.63, 3.8) is 0 Å². The van der Waals surface area contributed by atoms with E-state index in [0.29, 0.717) is 17.5 Å². The van der Waals surface area contributed by atoms with Crippen molar-refractivity contribution in [2.45, 2.75) is 0 Å². The molecule has 4 heteroatoms. The zero-order valence-electron chi connectivity index (χ0n) is 27.3. The van der Waals surface area contributed by atoms with Gasteiger partial charge in [0.05, 0.1) is 0 Å². The lowest BCUT2D eigenvalue weighted by molar-refractivity contribution is 0.669. The van der Waals surface area contributed by atoms with Crippen molar-refractivity contribution in [1.29, 1.82) is 0 Å². The molecule has 2 heterocycles. The fraction of sp³-hybridized carbons (Fsp3) is 0. The lowest BCUT2D eigenvalue weighted by Crippen LogP contribution is -2.00. The SMILES string of the molecule is c1ccc(-c2nc(-c3ccc(-c4c5c(cc6oc7ccccc7c46)-c4cccc6cccc-5c46)cc3)nc(-c3ccc4ccccc4c3)n2)cc1. The zero-order chi connectivity index (χ0) is 33.5. The second kappa shape index (κ2) is 10.8. The number of para-hydroxylation sites is 1.